The van der Waals surface area contributed by atoms with E-state index in [4.69, 9.17) is 0 Å². The second-order valence-corrected chi connectivity index (χ2v) is 7.61. The SMILES string of the molecule is O=CCc1ccc2c3ccccc3n(S(=O)(=O)c3ccccc3)c2c1. The zero-order valence-corrected chi connectivity index (χ0v) is 14.1. The number of rotatable bonds is 4. The van der Waals surface area contributed by atoms with Crippen LogP contribution in [0, 0.1) is 0 Å². The van der Waals surface area contributed by atoms with Crippen molar-refractivity contribution in [2.75, 3.05) is 0 Å². The maximum atomic E-state index is 13.3. The van der Waals surface area contributed by atoms with Crippen molar-refractivity contribution in [1.82, 2.24) is 3.97 Å². The Labute approximate surface area is 145 Å². The number of hydrogen-bond donors (Lipinski definition) is 0. The molecule has 124 valence electrons. The minimum Gasteiger partial charge on any atom is -0.303 e. The molecule has 0 radical (unpaired) electrons. The molecule has 0 N–H and O–H groups in total. The predicted molar refractivity (Wildman–Crippen MR) is 98.2 cm³/mol. The van der Waals surface area contributed by atoms with Crippen molar-refractivity contribution in [2.24, 2.45) is 0 Å². The zero-order chi connectivity index (χ0) is 17.4. The first-order valence-electron chi connectivity index (χ1n) is 7.89. The summed E-state index contributed by atoms with van der Waals surface area (Å²) in [6.45, 7) is 0. The number of nitrogens with zero attached hydrogens (tertiary/aromatic N) is 1. The average Bonchev–Trinajstić information content (AvgIpc) is 2.97. The smallest absolute Gasteiger partial charge is 0.268 e. The number of hydrogen-bond acceptors (Lipinski definition) is 3. The van der Waals surface area contributed by atoms with Gasteiger partial charge in [0.2, 0.25) is 0 Å². The first kappa shape index (κ1) is 15.6. The fraction of sp³-hybridized carbons (Fsp3) is 0.0500. The minimum atomic E-state index is -3.75. The number of para-hydroxylation sites is 1. The van der Waals surface area contributed by atoms with E-state index in [9.17, 15) is 13.2 Å². The summed E-state index contributed by atoms with van der Waals surface area (Å²) >= 11 is 0. The third-order valence-corrected chi connectivity index (χ3v) is 6.04. The zero-order valence-electron chi connectivity index (χ0n) is 13.3. The fourth-order valence-electron chi connectivity index (χ4n) is 3.16. The van der Waals surface area contributed by atoms with Gasteiger partial charge < -0.3 is 4.79 Å². The Hall–Kier alpha value is -2.92. The van der Waals surface area contributed by atoms with Crippen molar-refractivity contribution >= 4 is 38.1 Å². The molecular formula is C20H15NO3S. The molecule has 4 aromatic rings. The van der Waals surface area contributed by atoms with Crippen LogP contribution in [0.1, 0.15) is 5.56 Å². The van der Waals surface area contributed by atoms with Gasteiger partial charge in [-0.15, -0.1) is 0 Å². The summed E-state index contributed by atoms with van der Waals surface area (Å²) in [5, 5.41) is 1.72. The lowest BCUT2D eigenvalue weighted by atomic mass is 10.1. The number of carbonyl (C=O) groups excluding carboxylic acids is 1. The highest BCUT2D eigenvalue weighted by Crippen LogP contribution is 2.33. The molecule has 0 bridgehead atoms. The molecule has 3 aromatic carbocycles. The van der Waals surface area contributed by atoms with Gasteiger partial charge in [-0.05, 0) is 29.8 Å². The Morgan fingerprint density at radius 3 is 2.24 bits per heavy atom. The molecule has 0 fully saturated rings. The summed E-state index contributed by atoms with van der Waals surface area (Å²) in [5.41, 5.74) is 2.00. The van der Waals surface area contributed by atoms with Crippen LogP contribution in [0.5, 0.6) is 0 Å². The highest BCUT2D eigenvalue weighted by atomic mass is 32.2. The molecule has 0 saturated heterocycles. The number of carbonyl (C=O) groups is 1. The Balaban J connectivity index is 2.13. The average molecular weight is 349 g/mol. The van der Waals surface area contributed by atoms with E-state index in [-0.39, 0.29) is 11.3 Å². The van der Waals surface area contributed by atoms with Crippen LogP contribution in [0.15, 0.2) is 77.7 Å². The third-order valence-electron chi connectivity index (χ3n) is 4.29. The monoisotopic (exact) mass is 349 g/mol. The highest BCUT2D eigenvalue weighted by Gasteiger charge is 2.23. The lowest BCUT2D eigenvalue weighted by Crippen LogP contribution is -2.12. The second-order valence-electron chi connectivity index (χ2n) is 5.82. The van der Waals surface area contributed by atoms with Crippen molar-refractivity contribution in [3.8, 4) is 0 Å². The molecule has 0 atom stereocenters. The maximum Gasteiger partial charge on any atom is 0.268 e. The maximum absolute atomic E-state index is 13.3. The van der Waals surface area contributed by atoms with E-state index in [0.717, 1.165) is 22.6 Å². The van der Waals surface area contributed by atoms with Crippen molar-refractivity contribution in [1.29, 1.82) is 0 Å². The molecule has 0 spiro atoms. The Morgan fingerprint density at radius 2 is 1.48 bits per heavy atom. The van der Waals surface area contributed by atoms with Crippen LogP contribution in [0.4, 0.5) is 0 Å². The van der Waals surface area contributed by atoms with Gasteiger partial charge in [0, 0.05) is 17.2 Å². The summed E-state index contributed by atoms with van der Waals surface area (Å²) in [5.74, 6) is 0. The van der Waals surface area contributed by atoms with E-state index < -0.39 is 10.0 Å². The number of benzene rings is 3. The van der Waals surface area contributed by atoms with Crippen molar-refractivity contribution in [3.63, 3.8) is 0 Å². The van der Waals surface area contributed by atoms with Gasteiger partial charge >= 0.3 is 0 Å². The van der Waals surface area contributed by atoms with Crippen molar-refractivity contribution < 1.29 is 13.2 Å². The number of fused-ring (bicyclic) bond motifs is 3. The molecule has 4 rings (SSSR count). The van der Waals surface area contributed by atoms with Gasteiger partial charge in [0.15, 0.2) is 0 Å². The van der Waals surface area contributed by atoms with Gasteiger partial charge in [-0.2, -0.15) is 0 Å². The first-order chi connectivity index (χ1) is 12.1. The Kier molecular flexibility index (Phi) is 3.66. The van der Waals surface area contributed by atoms with Crippen LogP contribution < -0.4 is 0 Å². The topological polar surface area (TPSA) is 56.1 Å². The molecule has 0 aliphatic heterocycles. The van der Waals surface area contributed by atoms with E-state index in [1.54, 1.807) is 42.5 Å². The fourth-order valence-corrected chi connectivity index (χ4v) is 4.70. The molecule has 1 aromatic heterocycles. The molecule has 1 heterocycles. The summed E-state index contributed by atoms with van der Waals surface area (Å²) in [7, 11) is -3.75. The van der Waals surface area contributed by atoms with E-state index >= 15 is 0 Å². The lowest BCUT2D eigenvalue weighted by molar-refractivity contribution is -0.107. The Bertz CT molecular complexity index is 1190. The molecule has 0 unspecified atom stereocenters. The molecule has 4 nitrogen and oxygen atoms in total. The van der Waals surface area contributed by atoms with E-state index in [1.807, 2.05) is 30.3 Å². The van der Waals surface area contributed by atoms with Gasteiger partial charge in [-0.25, -0.2) is 12.4 Å². The normalized spacial score (nSPS) is 11.8. The summed E-state index contributed by atoms with van der Waals surface area (Å²) < 4.78 is 27.9. The van der Waals surface area contributed by atoms with Crippen LogP contribution in [-0.2, 0) is 21.2 Å². The predicted octanol–water partition coefficient (Wildman–Crippen LogP) is 3.77. The third kappa shape index (κ3) is 2.44. The van der Waals surface area contributed by atoms with Gasteiger partial charge in [-0.1, -0.05) is 48.5 Å². The molecule has 25 heavy (non-hydrogen) atoms. The van der Waals surface area contributed by atoms with Crippen LogP contribution in [0.3, 0.4) is 0 Å². The molecule has 5 heteroatoms. The van der Waals surface area contributed by atoms with Crippen LogP contribution in [-0.4, -0.2) is 18.7 Å². The largest absolute Gasteiger partial charge is 0.303 e. The molecule has 0 aliphatic rings. The lowest BCUT2D eigenvalue weighted by Gasteiger charge is -2.09. The first-order valence-corrected chi connectivity index (χ1v) is 9.33. The second kappa shape index (κ2) is 5.86. The summed E-state index contributed by atoms with van der Waals surface area (Å²) in [6, 6.07) is 21.3. The molecule has 0 aliphatic carbocycles. The number of aromatic nitrogens is 1. The highest BCUT2D eigenvalue weighted by molar-refractivity contribution is 7.90. The van der Waals surface area contributed by atoms with Crippen molar-refractivity contribution in [3.05, 3.63) is 78.4 Å². The Morgan fingerprint density at radius 1 is 0.800 bits per heavy atom. The molecule has 0 amide bonds. The van der Waals surface area contributed by atoms with E-state index in [2.05, 4.69) is 0 Å². The standard InChI is InChI=1S/C20H15NO3S/c22-13-12-15-10-11-18-17-8-4-5-9-19(17)21(20(18)14-15)25(23,24)16-6-2-1-3-7-16/h1-11,13-14H,12H2. The van der Waals surface area contributed by atoms with E-state index in [0.29, 0.717) is 11.0 Å². The van der Waals surface area contributed by atoms with Gasteiger partial charge in [0.25, 0.3) is 10.0 Å². The van der Waals surface area contributed by atoms with Crippen LogP contribution >= 0.6 is 0 Å². The quantitative estimate of drug-likeness (QED) is 0.527. The van der Waals surface area contributed by atoms with Crippen LogP contribution in [0.2, 0.25) is 0 Å². The van der Waals surface area contributed by atoms with Crippen LogP contribution in [0.25, 0.3) is 21.8 Å². The minimum absolute atomic E-state index is 0.235. The van der Waals surface area contributed by atoms with Gasteiger partial charge in [0.1, 0.15) is 6.29 Å². The molecular weight excluding hydrogens is 334 g/mol. The summed E-state index contributed by atoms with van der Waals surface area (Å²) in [4.78, 5) is 11.1. The van der Waals surface area contributed by atoms with Gasteiger partial charge in [-0.3, -0.25) is 0 Å². The summed E-state index contributed by atoms with van der Waals surface area (Å²) in [6.07, 6.45) is 1.07. The number of aldehydes is 1. The van der Waals surface area contributed by atoms with E-state index in [1.165, 1.54) is 3.97 Å². The molecule has 0 saturated carbocycles. The van der Waals surface area contributed by atoms with Crippen molar-refractivity contribution in [2.45, 2.75) is 11.3 Å². The van der Waals surface area contributed by atoms with Gasteiger partial charge in [0.05, 0.1) is 15.9 Å².